The zero-order chi connectivity index (χ0) is 15.4. The zero-order valence-corrected chi connectivity index (χ0v) is 15.3. The molecule has 1 saturated carbocycles. The smallest absolute Gasteiger partial charge is 0.0484 e. The van der Waals surface area contributed by atoms with E-state index in [1.165, 1.54) is 31.2 Å². The summed E-state index contributed by atoms with van der Waals surface area (Å²) >= 11 is 9.75. The molecule has 2 N–H and O–H groups in total. The maximum Gasteiger partial charge on any atom is 0.0484 e. The molecule has 0 heterocycles. The Morgan fingerprint density at radius 1 is 1.33 bits per heavy atom. The van der Waals surface area contributed by atoms with Crippen LogP contribution in [0, 0.1) is 5.92 Å². The van der Waals surface area contributed by atoms with E-state index in [0.29, 0.717) is 18.5 Å². The molecular weight excluding hydrogens is 348 g/mol. The molecule has 0 radical (unpaired) electrons. The summed E-state index contributed by atoms with van der Waals surface area (Å²) in [5, 5.41) is 0.762. The summed E-state index contributed by atoms with van der Waals surface area (Å²) in [6.07, 6.45) is 5.29. The topological polar surface area (TPSA) is 29.3 Å². The summed E-state index contributed by atoms with van der Waals surface area (Å²) < 4.78 is 1.07. The van der Waals surface area contributed by atoms with Crippen LogP contribution < -0.4 is 5.73 Å². The van der Waals surface area contributed by atoms with Gasteiger partial charge in [0, 0.05) is 34.7 Å². The second kappa shape index (κ2) is 7.96. The number of halogens is 2. The van der Waals surface area contributed by atoms with Gasteiger partial charge < -0.3 is 5.73 Å². The van der Waals surface area contributed by atoms with E-state index in [1.807, 2.05) is 12.1 Å². The number of benzene rings is 1. The second-order valence-corrected chi connectivity index (χ2v) is 7.74. The fraction of sp³-hybridized carbons (Fsp3) is 0.647. The molecule has 4 heteroatoms. The van der Waals surface area contributed by atoms with Gasteiger partial charge in [-0.1, -0.05) is 60.3 Å². The normalized spacial score (nSPS) is 17.9. The quantitative estimate of drug-likeness (QED) is 0.760. The first-order chi connectivity index (χ1) is 10.0. The van der Waals surface area contributed by atoms with Crippen LogP contribution in [0.2, 0.25) is 5.02 Å². The van der Waals surface area contributed by atoms with Crippen molar-refractivity contribution >= 4 is 27.5 Å². The molecule has 21 heavy (non-hydrogen) atoms. The summed E-state index contributed by atoms with van der Waals surface area (Å²) in [4.78, 5) is 2.63. The highest BCUT2D eigenvalue weighted by Gasteiger charge is 2.30. The lowest BCUT2D eigenvalue weighted by Crippen LogP contribution is -2.42. The van der Waals surface area contributed by atoms with Gasteiger partial charge in [-0.15, -0.1) is 0 Å². The van der Waals surface area contributed by atoms with Crippen LogP contribution in [0.3, 0.4) is 0 Å². The van der Waals surface area contributed by atoms with Gasteiger partial charge >= 0.3 is 0 Å². The predicted molar refractivity (Wildman–Crippen MR) is 94.7 cm³/mol. The van der Waals surface area contributed by atoms with E-state index < -0.39 is 0 Å². The maximum absolute atomic E-state index is 6.16. The molecule has 0 amide bonds. The largest absolute Gasteiger partial charge is 0.329 e. The van der Waals surface area contributed by atoms with E-state index in [9.17, 15) is 0 Å². The van der Waals surface area contributed by atoms with Crippen LogP contribution in [-0.4, -0.2) is 24.0 Å². The molecule has 1 unspecified atom stereocenters. The van der Waals surface area contributed by atoms with Gasteiger partial charge in [-0.2, -0.15) is 0 Å². The molecule has 0 aromatic heterocycles. The van der Waals surface area contributed by atoms with Crippen molar-refractivity contribution in [3.05, 3.63) is 33.3 Å². The van der Waals surface area contributed by atoms with Crippen LogP contribution in [-0.2, 0) is 0 Å². The Balaban J connectivity index is 2.29. The maximum atomic E-state index is 6.16. The summed E-state index contributed by atoms with van der Waals surface area (Å²) in [5.74, 6) is 0.644. The van der Waals surface area contributed by atoms with Gasteiger partial charge in [-0.05, 0) is 36.5 Å². The van der Waals surface area contributed by atoms with Crippen molar-refractivity contribution in [2.75, 3.05) is 13.1 Å². The molecule has 1 aromatic rings. The molecule has 2 rings (SSSR count). The number of hydrogen-bond acceptors (Lipinski definition) is 2. The van der Waals surface area contributed by atoms with Crippen molar-refractivity contribution in [2.45, 2.75) is 51.6 Å². The van der Waals surface area contributed by atoms with E-state index in [1.54, 1.807) is 0 Å². The minimum absolute atomic E-state index is 0.266. The Morgan fingerprint density at radius 2 is 2.00 bits per heavy atom. The molecule has 0 bridgehead atoms. The molecular formula is C17H26BrClN2. The monoisotopic (exact) mass is 372 g/mol. The Hall–Kier alpha value is -0.0900. The van der Waals surface area contributed by atoms with Gasteiger partial charge in [0.05, 0.1) is 0 Å². The van der Waals surface area contributed by atoms with Crippen molar-refractivity contribution in [3.63, 3.8) is 0 Å². The highest BCUT2D eigenvalue weighted by molar-refractivity contribution is 9.10. The summed E-state index contributed by atoms with van der Waals surface area (Å²) in [6.45, 7) is 6.31. The minimum Gasteiger partial charge on any atom is -0.329 e. The Bertz CT molecular complexity index is 458. The van der Waals surface area contributed by atoms with Crippen LogP contribution >= 0.6 is 27.5 Å². The number of nitrogens with two attached hydrogens (primary N) is 1. The van der Waals surface area contributed by atoms with E-state index in [2.05, 4.69) is 40.7 Å². The van der Waals surface area contributed by atoms with Crippen LogP contribution in [0.1, 0.15) is 51.1 Å². The molecule has 118 valence electrons. The molecule has 0 spiro atoms. The van der Waals surface area contributed by atoms with Gasteiger partial charge in [0.1, 0.15) is 0 Å². The van der Waals surface area contributed by atoms with Crippen LogP contribution in [0.15, 0.2) is 22.7 Å². The SMILES string of the molecule is CC(C)CN(C1CCCC1)C(CN)c1ccc(Cl)cc1Br. The minimum atomic E-state index is 0.266. The lowest BCUT2D eigenvalue weighted by Gasteiger charge is -2.38. The first-order valence-corrected chi connectivity index (χ1v) is 9.10. The van der Waals surface area contributed by atoms with Crippen LogP contribution in [0.4, 0.5) is 0 Å². The molecule has 1 aliphatic carbocycles. The average Bonchev–Trinajstić information content (AvgIpc) is 2.94. The van der Waals surface area contributed by atoms with E-state index in [4.69, 9.17) is 17.3 Å². The molecule has 1 aromatic carbocycles. The lowest BCUT2D eigenvalue weighted by molar-refractivity contribution is 0.121. The third-order valence-corrected chi connectivity index (χ3v) is 5.24. The molecule has 1 fully saturated rings. The van der Waals surface area contributed by atoms with E-state index in [-0.39, 0.29) is 6.04 Å². The van der Waals surface area contributed by atoms with Gasteiger partial charge in [0.2, 0.25) is 0 Å². The van der Waals surface area contributed by atoms with Crippen molar-refractivity contribution < 1.29 is 0 Å². The second-order valence-electron chi connectivity index (χ2n) is 6.45. The highest BCUT2D eigenvalue weighted by Crippen LogP contribution is 2.35. The number of rotatable bonds is 6. The van der Waals surface area contributed by atoms with Gasteiger partial charge in [0.15, 0.2) is 0 Å². The van der Waals surface area contributed by atoms with Crippen molar-refractivity contribution in [2.24, 2.45) is 11.7 Å². The van der Waals surface area contributed by atoms with Crippen molar-refractivity contribution in [1.29, 1.82) is 0 Å². The highest BCUT2D eigenvalue weighted by atomic mass is 79.9. The van der Waals surface area contributed by atoms with Gasteiger partial charge in [-0.25, -0.2) is 0 Å². The molecule has 1 aliphatic rings. The summed E-state index contributed by atoms with van der Waals surface area (Å²) in [6, 6.07) is 6.99. The number of hydrogen-bond donors (Lipinski definition) is 1. The van der Waals surface area contributed by atoms with Crippen molar-refractivity contribution in [1.82, 2.24) is 4.90 Å². The van der Waals surface area contributed by atoms with Crippen LogP contribution in [0.5, 0.6) is 0 Å². The average molecular weight is 374 g/mol. The molecule has 0 aliphatic heterocycles. The first-order valence-electron chi connectivity index (χ1n) is 7.93. The van der Waals surface area contributed by atoms with Gasteiger partial charge in [0.25, 0.3) is 0 Å². The first kappa shape index (κ1) is 17.3. The summed E-state index contributed by atoms with van der Waals surface area (Å²) in [5.41, 5.74) is 7.42. The van der Waals surface area contributed by atoms with E-state index >= 15 is 0 Å². The van der Waals surface area contributed by atoms with Crippen LogP contribution in [0.25, 0.3) is 0 Å². The predicted octanol–water partition coefficient (Wildman–Crippen LogP) is 5.00. The standard InChI is InChI=1S/C17H26BrClN2/c1-12(2)11-21(14-5-3-4-6-14)17(10-20)15-8-7-13(19)9-16(15)18/h7-9,12,14,17H,3-6,10-11,20H2,1-2H3. The lowest BCUT2D eigenvalue weighted by atomic mass is 10.0. The molecule has 0 saturated heterocycles. The third kappa shape index (κ3) is 4.44. The Kier molecular flexibility index (Phi) is 6.54. The fourth-order valence-corrected chi connectivity index (χ4v) is 4.35. The summed E-state index contributed by atoms with van der Waals surface area (Å²) in [7, 11) is 0. The Morgan fingerprint density at radius 3 is 2.52 bits per heavy atom. The Labute approximate surface area is 142 Å². The number of nitrogens with zero attached hydrogens (tertiary/aromatic N) is 1. The third-order valence-electron chi connectivity index (χ3n) is 4.31. The fourth-order valence-electron chi connectivity index (χ4n) is 3.40. The zero-order valence-electron chi connectivity index (χ0n) is 13.0. The van der Waals surface area contributed by atoms with E-state index in [0.717, 1.165) is 16.0 Å². The van der Waals surface area contributed by atoms with Gasteiger partial charge in [-0.3, -0.25) is 4.90 Å². The van der Waals surface area contributed by atoms with Crippen molar-refractivity contribution in [3.8, 4) is 0 Å². The molecule has 2 nitrogen and oxygen atoms in total. The molecule has 1 atom stereocenters.